The van der Waals surface area contributed by atoms with Crippen molar-refractivity contribution in [3.05, 3.63) is 52.3 Å². The molecule has 0 atom stereocenters. The standard InChI is InChI=1S/C15H12N2O5S2/c16-13(18)7-9-8-17(11-4-2-1-3-10(9)11)24(21,22)12-5-6-23-14(12)15(19)20/h1-6,8H,7H2,(H2,16,18)(H,19,20). The molecule has 3 rings (SSSR count). The van der Waals surface area contributed by atoms with E-state index in [4.69, 9.17) is 5.73 Å². The highest BCUT2D eigenvalue weighted by Crippen LogP contribution is 2.29. The summed E-state index contributed by atoms with van der Waals surface area (Å²) in [5.74, 6) is -1.89. The number of fused-ring (bicyclic) bond motifs is 1. The van der Waals surface area contributed by atoms with E-state index in [1.54, 1.807) is 24.3 Å². The highest BCUT2D eigenvalue weighted by atomic mass is 32.2. The number of benzene rings is 1. The monoisotopic (exact) mass is 364 g/mol. The Morgan fingerprint density at radius 2 is 1.92 bits per heavy atom. The quantitative estimate of drug-likeness (QED) is 0.713. The number of carboxylic acids is 1. The predicted molar refractivity (Wildman–Crippen MR) is 88.7 cm³/mol. The summed E-state index contributed by atoms with van der Waals surface area (Å²) in [6.07, 6.45) is 1.20. The van der Waals surface area contributed by atoms with Gasteiger partial charge >= 0.3 is 5.97 Å². The zero-order chi connectivity index (χ0) is 17.5. The van der Waals surface area contributed by atoms with Crippen molar-refractivity contribution in [3.63, 3.8) is 0 Å². The molecule has 1 amide bonds. The Morgan fingerprint density at radius 1 is 1.21 bits per heavy atom. The van der Waals surface area contributed by atoms with Crippen molar-refractivity contribution < 1.29 is 23.1 Å². The molecule has 2 aromatic heterocycles. The molecule has 2 heterocycles. The second-order valence-electron chi connectivity index (χ2n) is 5.03. The topological polar surface area (TPSA) is 119 Å². The molecule has 3 aromatic rings. The smallest absolute Gasteiger partial charge is 0.347 e. The minimum absolute atomic E-state index is 0.113. The van der Waals surface area contributed by atoms with Crippen molar-refractivity contribution in [1.82, 2.24) is 3.97 Å². The van der Waals surface area contributed by atoms with Gasteiger partial charge in [0.25, 0.3) is 10.0 Å². The van der Waals surface area contributed by atoms with Crippen LogP contribution in [0.3, 0.4) is 0 Å². The molecule has 0 aliphatic rings. The largest absolute Gasteiger partial charge is 0.477 e. The number of hydrogen-bond donors (Lipinski definition) is 2. The number of amides is 1. The number of aromatic nitrogens is 1. The summed E-state index contributed by atoms with van der Waals surface area (Å²) in [6, 6.07) is 7.91. The van der Waals surface area contributed by atoms with E-state index in [1.165, 1.54) is 17.6 Å². The van der Waals surface area contributed by atoms with Crippen LogP contribution in [0.4, 0.5) is 0 Å². The third kappa shape index (κ3) is 2.57. The lowest BCUT2D eigenvalue weighted by Gasteiger charge is -2.06. The van der Waals surface area contributed by atoms with Crippen molar-refractivity contribution in [2.75, 3.05) is 0 Å². The number of carbonyl (C=O) groups is 2. The third-order valence-corrected chi connectivity index (χ3v) is 6.23. The molecule has 124 valence electrons. The first kappa shape index (κ1) is 16.2. The fraction of sp³-hybridized carbons (Fsp3) is 0.0667. The van der Waals surface area contributed by atoms with Gasteiger partial charge in [0.2, 0.25) is 5.91 Å². The molecule has 0 bridgehead atoms. The summed E-state index contributed by atoms with van der Waals surface area (Å²) in [5.41, 5.74) is 6.04. The molecule has 0 spiro atoms. The molecule has 7 nitrogen and oxygen atoms in total. The number of aromatic carboxylic acids is 1. The fourth-order valence-corrected chi connectivity index (χ4v) is 5.14. The van der Waals surface area contributed by atoms with E-state index in [0.717, 1.165) is 15.3 Å². The zero-order valence-corrected chi connectivity index (χ0v) is 13.8. The van der Waals surface area contributed by atoms with Gasteiger partial charge < -0.3 is 10.8 Å². The van der Waals surface area contributed by atoms with Gasteiger partial charge in [-0.2, -0.15) is 0 Å². The molecule has 9 heteroatoms. The molecule has 0 unspecified atom stereocenters. The van der Waals surface area contributed by atoms with E-state index in [1.807, 2.05) is 0 Å². The van der Waals surface area contributed by atoms with Gasteiger partial charge in [-0.15, -0.1) is 11.3 Å². The van der Waals surface area contributed by atoms with Crippen LogP contribution >= 0.6 is 11.3 Å². The molecular formula is C15H12N2O5S2. The fourth-order valence-electron chi connectivity index (χ4n) is 2.51. The van der Waals surface area contributed by atoms with Gasteiger partial charge in [0.15, 0.2) is 0 Å². The van der Waals surface area contributed by atoms with Gasteiger partial charge in [0.05, 0.1) is 11.9 Å². The van der Waals surface area contributed by atoms with Crippen molar-refractivity contribution >= 4 is 44.1 Å². The lowest BCUT2D eigenvalue weighted by Crippen LogP contribution is -2.15. The molecule has 0 saturated heterocycles. The van der Waals surface area contributed by atoms with E-state index >= 15 is 0 Å². The molecule has 1 aromatic carbocycles. The molecule has 3 N–H and O–H groups in total. The first-order chi connectivity index (χ1) is 11.3. The van der Waals surface area contributed by atoms with Crippen LogP contribution in [-0.2, 0) is 21.2 Å². The number of nitrogens with two attached hydrogens (primary N) is 1. The summed E-state index contributed by atoms with van der Waals surface area (Å²) >= 11 is 0.836. The maximum Gasteiger partial charge on any atom is 0.347 e. The second-order valence-corrected chi connectivity index (χ2v) is 7.73. The molecule has 0 aliphatic carbocycles. The summed E-state index contributed by atoms with van der Waals surface area (Å²) in [5, 5.41) is 11.2. The van der Waals surface area contributed by atoms with Crippen LogP contribution in [0.5, 0.6) is 0 Å². The van der Waals surface area contributed by atoms with Crippen LogP contribution in [0, 0.1) is 0 Å². The molecular weight excluding hydrogens is 352 g/mol. The van der Waals surface area contributed by atoms with Crippen LogP contribution in [0.25, 0.3) is 10.9 Å². The number of para-hydroxylation sites is 1. The summed E-state index contributed by atoms with van der Waals surface area (Å²) in [6.45, 7) is 0. The Labute approximate surface area is 141 Å². The number of carboxylic acid groups (broad SMARTS) is 1. The van der Waals surface area contributed by atoms with Gasteiger partial charge in [-0.1, -0.05) is 18.2 Å². The van der Waals surface area contributed by atoms with Gasteiger partial charge in [-0.3, -0.25) is 4.79 Å². The Morgan fingerprint density at radius 3 is 2.58 bits per heavy atom. The summed E-state index contributed by atoms with van der Waals surface area (Å²) in [7, 11) is -4.12. The highest BCUT2D eigenvalue weighted by Gasteiger charge is 2.27. The Bertz CT molecular complexity index is 1060. The van der Waals surface area contributed by atoms with Crippen molar-refractivity contribution in [2.24, 2.45) is 5.73 Å². The number of nitrogens with zero attached hydrogens (tertiary/aromatic N) is 1. The first-order valence-electron chi connectivity index (χ1n) is 6.76. The maximum atomic E-state index is 12.9. The average molecular weight is 364 g/mol. The Hall–Kier alpha value is -2.65. The lowest BCUT2D eigenvalue weighted by atomic mass is 10.1. The van der Waals surface area contributed by atoms with Gasteiger partial charge in [0, 0.05) is 11.6 Å². The van der Waals surface area contributed by atoms with Crippen LogP contribution in [0.1, 0.15) is 15.2 Å². The van der Waals surface area contributed by atoms with E-state index in [2.05, 4.69) is 0 Å². The van der Waals surface area contributed by atoms with Gasteiger partial charge in [-0.05, 0) is 23.1 Å². The van der Waals surface area contributed by atoms with Gasteiger partial charge in [-0.25, -0.2) is 17.2 Å². The van der Waals surface area contributed by atoms with Crippen molar-refractivity contribution in [1.29, 1.82) is 0 Å². The number of thiophene rings is 1. The second kappa shape index (κ2) is 5.77. The maximum absolute atomic E-state index is 12.9. The summed E-state index contributed by atoms with van der Waals surface area (Å²) < 4.78 is 26.8. The van der Waals surface area contributed by atoms with Gasteiger partial charge in [0.1, 0.15) is 9.77 Å². The first-order valence-corrected chi connectivity index (χ1v) is 9.08. The van der Waals surface area contributed by atoms with Crippen LogP contribution < -0.4 is 5.73 Å². The van der Waals surface area contributed by atoms with Crippen molar-refractivity contribution in [3.8, 4) is 0 Å². The van der Waals surface area contributed by atoms with Crippen LogP contribution in [0.15, 0.2) is 46.8 Å². The predicted octanol–water partition coefficient (Wildman–Crippen LogP) is 1.67. The Balaban J connectivity index is 2.27. The molecule has 0 fully saturated rings. The van der Waals surface area contributed by atoms with E-state index in [0.29, 0.717) is 16.5 Å². The average Bonchev–Trinajstić information content (AvgIpc) is 3.13. The highest BCUT2D eigenvalue weighted by molar-refractivity contribution is 7.90. The van der Waals surface area contributed by atoms with Crippen LogP contribution in [0.2, 0.25) is 0 Å². The van der Waals surface area contributed by atoms with Crippen molar-refractivity contribution in [2.45, 2.75) is 11.3 Å². The Kier molecular flexibility index (Phi) is 3.90. The zero-order valence-electron chi connectivity index (χ0n) is 12.2. The molecule has 0 saturated carbocycles. The molecule has 0 radical (unpaired) electrons. The number of rotatable bonds is 5. The molecule has 24 heavy (non-hydrogen) atoms. The number of primary amides is 1. The van der Waals surface area contributed by atoms with E-state index in [9.17, 15) is 23.1 Å². The van der Waals surface area contributed by atoms with E-state index in [-0.39, 0.29) is 16.2 Å². The minimum Gasteiger partial charge on any atom is -0.477 e. The third-order valence-electron chi connectivity index (χ3n) is 3.49. The number of hydrogen-bond acceptors (Lipinski definition) is 5. The summed E-state index contributed by atoms with van der Waals surface area (Å²) in [4.78, 5) is 21.9. The normalized spacial score (nSPS) is 11.7. The lowest BCUT2D eigenvalue weighted by molar-refractivity contribution is -0.117. The van der Waals surface area contributed by atoms with E-state index < -0.39 is 21.9 Å². The SMILES string of the molecule is NC(=O)Cc1cn(S(=O)(=O)c2ccsc2C(=O)O)c2ccccc12. The minimum atomic E-state index is -4.12. The molecule has 0 aliphatic heterocycles. The van der Waals surface area contributed by atoms with Crippen LogP contribution in [-0.4, -0.2) is 29.4 Å². The number of carbonyl (C=O) groups excluding carboxylic acids is 1.